The molecule has 15 nitrogen and oxygen atoms in total. The Labute approximate surface area is 353 Å². The quantitative estimate of drug-likeness (QED) is 0.130. The maximum Gasteiger partial charge on any atom is 0.270 e. The van der Waals surface area contributed by atoms with Crippen LogP contribution in [0.1, 0.15) is 78.6 Å². The van der Waals surface area contributed by atoms with E-state index in [1.165, 1.54) is 27.8 Å². The van der Waals surface area contributed by atoms with Crippen molar-refractivity contribution in [2.24, 2.45) is 0 Å². The van der Waals surface area contributed by atoms with Crippen LogP contribution in [-0.4, -0.2) is 61.4 Å². The van der Waals surface area contributed by atoms with E-state index in [1.54, 1.807) is 37.6 Å². The Kier molecular flexibility index (Phi) is 9.54. The molecule has 9 rings (SSSR count). The molecule has 0 radical (unpaired) electrons. The summed E-state index contributed by atoms with van der Waals surface area (Å²) in [5.74, 6) is -2.23. The SMILES string of the molecule is C[C@@]1(Cc2ccc(-c3cnc(C#N)nc3)cc2)C(=O)N(c2cc(Cl)c(F)c(Cl)c2)c2ncc(C(=O)NC3(C(=O)NC4(c5ccc(CNS(=O)(=O)C6CC6)cn5)CC4)CC3)n21. The molecular weight excluding hydrogens is 834 g/mol. The van der Waals surface area contributed by atoms with E-state index in [4.69, 9.17) is 28.5 Å². The van der Waals surface area contributed by atoms with Crippen molar-refractivity contribution in [1.82, 2.24) is 39.9 Å². The van der Waals surface area contributed by atoms with Crippen LogP contribution in [0.15, 0.2) is 73.3 Å². The van der Waals surface area contributed by atoms with Crippen LogP contribution in [0.3, 0.4) is 0 Å². The number of hydrogen-bond donors (Lipinski definition) is 3. The third-order valence-corrected chi connectivity index (χ3v) is 14.0. The van der Waals surface area contributed by atoms with E-state index in [0.717, 1.165) is 11.1 Å². The first-order chi connectivity index (χ1) is 28.6. The maximum atomic E-state index is 14.6. The molecule has 0 bridgehead atoms. The molecule has 4 heterocycles. The molecule has 5 aromatic rings. The Bertz CT molecular complexity index is 2730. The van der Waals surface area contributed by atoms with Crippen molar-refractivity contribution in [2.45, 2.75) is 80.3 Å². The molecule has 3 N–H and O–H groups in total. The number of halogens is 3. The molecule has 19 heteroatoms. The summed E-state index contributed by atoms with van der Waals surface area (Å²) in [6, 6.07) is 15.3. The highest BCUT2D eigenvalue weighted by Crippen LogP contribution is 2.48. The third-order valence-electron chi connectivity index (χ3n) is 11.5. The zero-order valence-corrected chi connectivity index (χ0v) is 34.2. The van der Waals surface area contributed by atoms with Crippen LogP contribution in [-0.2, 0) is 43.7 Å². The fourth-order valence-electron chi connectivity index (χ4n) is 7.59. The first-order valence-electron chi connectivity index (χ1n) is 19.1. The second-order valence-electron chi connectivity index (χ2n) is 15.9. The van der Waals surface area contributed by atoms with E-state index >= 15 is 0 Å². The molecule has 1 aliphatic heterocycles. The number of amides is 3. The summed E-state index contributed by atoms with van der Waals surface area (Å²) >= 11 is 12.4. The standard InChI is InChI=1S/C41H35Cl2FN10O5S/c1-39(16-23-2-5-25(6-3-23)26-20-47-33(17-45)48-21-26)37(57)53(27-14-29(42)34(44)30(43)15-27)38-49-22-31(54(38)39)35(55)51-41(12-13-41)36(56)52-40(10-11-40)32-9-4-24(18-46-32)19-50-60(58,59)28-7-8-28/h2-6,9,14-15,18,20-22,28,50H,7-8,10-13,16,19H2,1H3,(H,51,55)(H,52,56)/t39-/m1/s1. The molecule has 1 atom stereocenters. The van der Waals surface area contributed by atoms with Gasteiger partial charge in [0.25, 0.3) is 11.8 Å². The second-order valence-corrected chi connectivity index (χ2v) is 18.7. The number of sulfonamides is 1. The van der Waals surface area contributed by atoms with Crippen molar-refractivity contribution in [3.05, 3.63) is 118 Å². The van der Waals surface area contributed by atoms with E-state index in [1.807, 2.05) is 30.3 Å². The van der Waals surface area contributed by atoms with Gasteiger partial charge in [0.15, 0.2) is 5.82 Å². The van der Waals surface area contributed by atoms with Gasteiger partial charge in [0.1, 0.15) is 22.8 Å². The number of imidazole rings is 1. The lowest BCUT2D eigenvalue weighted by atomic mass is 9.90. The molecule has 3 fully saturated rings. The largest absolute Gasteiger partial charge is 0.343 e. The fourth-order valence-corrected chi connectivity index (χ4v) is 9.43. The van der Waals surface area contributed by atoms with E-state index in [-0.39, 0.29) is 57.3 Å². The van der Waals surface area contributed by atoms with Gasteiger partial charge in [-0.2, -0.15) is 5.26 Å². The summed E-state index contributed by atoms with van der Waals surface area (Å²) in [6.07, 6.45) is 9.45. The van der Waals surface area contributed by atoms with Crippen LogP contribution in [0, 0.1) is 17.1 Å². The molecule has 2 aromatic carbocycles. The average molecular weight is 870 g/mol. The molecular formula is C41H35Cl2FN10O5S. The average Bonchev–Trinajstić information content (AvgIpc) is 4.16. The van der Waals surface area contributed by atoms with Gasteiger partial charge in [0.05, 0.1) is 38.4 Å². The van der Waals surface area contributed by atoms with E-state index in [9.17, 15) is 27.2 Å². The molecule has 4 aliphatic rings. The zero-order chi connectivity index (χ0) is 42.2. The van der Waals surface area contributed by atoms with Gasteiger partial charge in [-0.25, -0.2) is 37.4 Å². The predicted molar refractivity (Wildman–Crippen MR) is 217 cm³/mol. The summed E-state index contributed by atoms with van der Waals surface area (Å²) in [5, 5.41) is 14.2. The van der Waals surface area contributed by atoms with Gasteiger partial charge in [0.2, 0.25) is 27.7 Å². The molecule has 0 unspecified atom stereocenters. The number of nitrogens with one attached hydrogen (secondary N) is 3. The summed E-state index contributed by atoms with van der Waals surface area (Å²) in [5.41, 5.74) is 0.249. The second kappa shape index (κ2) is 14.4. The molecule has 0 saturated heterocycles. The molecule has 0 spiro atoms. The van der Waals surface area contributed by atoms with E-state index in [2.05, 4.69) is 35.3 Å². The number of rotatable bonds is 13. The number of fused-ring (bicyclic) bond motifs is 1. The normalized spacial score (nSPS) is 19.6. The molecule has 3 saturated carbocycles. The van der Waals surface area contributed by atoms with Gasteiger partial charge in [-0.3, -0.25) is 23.9 Å². The van der Waals surface area contributed by atoms with Crippen molar-refractivity contribution in [3.63, 3.8) is 0 Å². The zero-order valence-electron chi connectivity index (χ0n) is 31.9. The van der Waals surface area contributed by atoms with Crippen molar-refractivity contribution < 1.29 is 27.2 Å². The van der Waals surface area contributed by atoms with Crippen LogP contribution < -0.4 is 20.3 Å². The number of anilines is 2. The first kappa shape index (κ1) is 39.6. The van der Waals surface area contributed by atoms with E-state index < -0.39 is 44.3 Å². The Balaban J connectivity index is 0.965. The Morgan fingerprint density at radius 3 is 2.15 bits per heavy atom. The molecule has 306 valence electrons. The van der Waals surface area contributed by atoms with Gasteiger partial charge in [-0.1, -0.05) is 53.5 Å². The van der Waals surface area contributed by atoms with Crippen molar-refractivity contribution in [1.29, 1.82) is 5.26 Å². The number of benzene rings is 2. The van der Waals surface area contributed by atoms with Crippen molar-refractivity contribution in [3.8, 4) is 17.2 Å². The lowest BCUT2D eigenvalue weighted by molar-refractivity contribution is -0.125. The van der Waals surface area contributed by atoms with Crippen LogP contribution >= 0.6 is 23.2 Å². The highest BCUT2D eigenvalue weighted by atomic mass is 35.5. The lowest BCUT2D eigenvalue weighted by Crippen LogP contribution is -2.52. The Hall–Kier alpha value is -5.80. The monoisotopic (exact) mass is 868 g/mol. The van der Waals surface area contributed by atoms with Crippen LogP contribution in [0.4, 0.5) is 16.0 Å². The summed E-state index contributed by atoms with van der Waals surface area (Å²) in [7, 11) is -3.35. The molecule has 3 aromatic heterocycles. The fraction of sp³-hybridized carbons (Fsp3) is 0.317. The number of carbonyl (C=O) groups is 3. The highest BCUT2D eigenvalue weighted by Gasteiger charge is 2.57. The molecule has 60 heavy (non-hydrogen) atoms. The Morgan fingerprint density at radius 2 is 1.57 bits per heavy atom. The minimum Gasteiger partial charge on any atom is -0.343 e. The summed E-state index contributed by atoms with van der Waals surface area (Å²) < 4.78 is 43.2. The van der Waals surface area contributed by atoms with Crippen molar-refractivity contribution >= 4 is 62.6 Å². The summed E-state index contributed by atoms with van der Waals surface area (Å²) in [4.78, 5) is 61.3. The van der Waals surface area contributed by atoms with Gasteiger partial charge >= 0.3 is 0 Å². The minimum atomic E-state index is -3.35. The summed E-state index contributed by atoms with van der Waals surface area (Å²) in [6.45, 7) is 1.79. The highest BCUT2D eigenvalue weighted by molar-refractivity contribution is 7.90. The number of pyridine rings is 1. The van der Waals surface area contributed by atoms with Crippen LogP contribution in [0.2, 0.25) is 10.0 Å². The number of nitrogens with zero attached hydrogens (tertiary/aromatic N) is 7. The van der Waals surface area contributed by atoms with Gasteiger partial charge < -0.3 is 10.6 Å². The molecule has 3 amide bonds. The smallest absolute Gasteiger partial charge is 0.270 e. The number of carbonyl (C=O) groups excluding carboxylic acids is 3. The Morgan fingerprint density at radius 1 is 0.900 bits per heavy atom. The van der Waals surface area contributed by atoms with E-state index in [0.29, 0.717) is 55.3 Å². The number of hydrogen-bond acceptors (Lipinski definition) is 10. The van der Waals surface area contributed by atoms with Crippen LogP contribution in [0.5, 0.6) is 0 Å². The topological polar surface area (TPSA) is 205 Å². The van der Waals surface area contributed by atoms with Gasteiger partial charge in [-0.05, 0) is 80.3 Å². The number of nitriles is 1. The first-order valence-corrected chi connectivity index (χ1v) is 21.4. The van der Waals surface area contributed by atoms with Crippen LogP contribution in [0.25, 0.3) is 11.1 Å². The van der Waals surface area contributed by atoms with Crippen molar-refractivity contribution in [2.75, 3.05) is 4.90 Å². The van der Waals surface area contributed by atoms with Gasteiger partial charge in [0, 0.05) is 37.1 Å². The minimum absolute atomic E-state index is 0.0174. The third kappa shape index (κ3) is 7.06. The number of aromatic nitrogens is 5. The lowest BCUT2D eigenvalue weighted by Gasteiger charge is -2.27. The predicted octanol–water partition coefficient (Wildman–Crippen LogP) is 5.34. The maximum absolute atomic E-state index is 14.6. The molecule has 3 aliphatic carbocycles. The van der Waals surface area contributed by atoms with Gasteiger partial charge in [-0.15, -0.1) is 0 Å².